The van der Waals surface area contributed by atoms with Crippen molar-refractivity contribution in [1.82, 2.24) is 9.80 Å². The van der Waals surface area contributed by atoms with Gasteiger partial charge in [-0.25, -0.2) is 0 Å². The summed E-state index contributed by atoms with van der Waals surface area (Å²) in [5, 5.41) is 10.7. The summed E-state index contributed by atoms with van der Waals surface area (Å²) in [6.07, 6.45) is 3.07. The number of likely N-dealkylation sites (N-methyl/N-ethyl adjacent to an activating group) is 1. The van der Waals surface area contributed by atoms with Gasteiger partial charge >= 0.3 is 0 Å². The van der Waals surface area contributed by atoms with E-state index in [2.05, 4.69) is 35.6 Å². The molecular formula is C32H39N3O7. The number of fused-ring (bicyclic) bond motifs is 9. The van der Waals surface area contributed by atoms with Gasteiger partial charge in [-0.05, 0) is 44.9 Å². The molecule has 4 aliphatic heterocycles. The summed E-state index contributed by atoms with van der Waals surface area (Å²) < 4.78 is 41.8. The van der Waals surface area contributed by atoms with Gasteiger partial charge in [-0.2, -0.15) is 5.26 Å². The van der Waals surface area contributed by atoms with Crippen LogP contribution in [0, 0.1) is 25.2 Å². The van der Waals surface area contributed by atoms with E-state index in [-0.39, 0.29) is 43.8 Å². The molecular weight excluding hydrogens is 538 g/mol. The lowest BCUT2D eigenvalue weighted by atomic mass is 9.71. The molecule has 2 bridgehead atoms. The maximum Gasteiger partial charge on any atom is 0.231 e. The first-order valence-corrected chi connectivity index (χ1v) is 14.3. The molecule has 5 atom stereocenters. The molecule has 10 heteroatoms. The lowest BCUT2D eigenvalue weighted by Gasteiger charge is -2.60. The molecule has 4 heterocycles. The molecule has 2 aromatic carbocycles. The second-order valence-electron chi connectivity index (χ2n) is 11.3. The highest BCUT2D eigenvalue weighted by Crippen LogP contribution is 2.58. The smallest absolute Gasteiger partial charge is 0.231 e. The summed E-state index contributed by atoms with van der Waals surface area (Å²) in [4.78, 5) is 4.70. The number of ether oxygens (including phenoxy) is 7. The van der Waals surface area contributed by atoms with Crippen molar-refractivity contribution in [1.29, 1.82) is 5.26 Å². The first kappa shape index (κ1) is 28.6. The molecule has 224 valence electrons. The fourth-order valence-corrected chi connectivity index (χ4v) is 7.72. The van der Waals surface area contributed by atoms with Crippen LogP contribution in [0.25, 0.3) is 0 Å². The highest BCUT2D eigenvalue weighted by atomic mass is 16.7. The minimum Gasteiger partial charge on any atom is -0.493 e. The second-order valence-corrected chi connectivity index (χ2v) is 11.3. The monoisotopic (exact) mass is 577 g/mol. The van der Waals surface area contributed by atoms with E-state index in [1.807, 2.05) is 13.8 Å². The van der Waals surface area contributed by atoms with Crippen LogP contribution in [0.1, 0.15) is 45.5 Å². The molecule has 0 spiro atoms. The molecule has 1 fully saturated rings. The van der Waals surface area contributed by atoms with Crippen LogP contribution in [0.3, 0.4) is 0 Å². The molecule has 4 aliphatic rings. The van der Waals surface area contributed by atoms with Crippen LogP contribution in [0.5, 0.6) is 28.7 Å². The zero-order chi connectivity index (χ0) is 29.7. The Morgan fingerprint density at radius 3 is 2.50 bits per heavy atom. The zero-order valence-electron chi connectivity index (χ0n) is 25.2. The number of benzene rings is 2. The molecule has 0 aromatic heterocycles. The van der Waals surface area contributed by atoms with E-state index in [0.29, 0.717) is 43.3 Å². The Bertz CT molecular complexity index is 1440. The van der Waals surface area contributed by atoms with E-state index in [9.17, 15) is 5.26 Å². The van der Waals surface area contributed by atoms with Gasteiger partial charge in [0, 0.05) is 48.6 Å². The number of hydrogen-bond donors (Lipinski definition) is 0. The van der Waals surface area contributed by atoms with E-state index in [4.69, 9.17) is 33.2 Å². The van der Waals surface area contributed by atoms with Gasteiger partial charge in [0.15, 0.2) is 29.8 Å². The number of methoxy groups -OCH3 is 3. The Morgan fingerprint density at radius 1 is 1.02 bits per heavy atom. The van der Waals surface area contributed by atoms with Crippen LogP contribution in [-0.2, 0) is 22.3 Å². The Labute approximate surface area is 247 Å². The molecule has 1 saturated heterocycles. The highest BCUT2D eigenvalue weighted by molar-refractivity contribution is 5.66. The van der Waals surface area contributed by atoms with Crippen molar-refractivity contribution < 1.29 is 33.2 Å². The quantitative estimate of drug-likeness (QED) is 0.321. The van der Waals surface area contributed by atoms with Crippen molar-refractivity contribution in [2.45, 2.75) is 56.9 Å². The molecule has 1 unspecified atom stereocenters. The SMILES string of the molecule is C=CCOc1c(C)c2c(c3c1CC1[C@H]4c5c(cc(C)c(OC)c5OCOC)C[C@@H]([C@H](C#N)N1[C@H]3COC)N4C)OCO2. The average molecular weight is 578 g/mol. The molecule has 6 rings (SSSR count). The summed E-state index contributed by atoms with van der Waals surface area (Å²) in [5.41, 5.74) is 6.17. The van der Waals surface area contributed by atoms with Gasteiger partial charge in [0.25, 0.3) is 0 Å². The van der Waals surface area contributed by atoms with Crippen molar-refractivity contribution in [3.8, 4) is 34.8 Å². The summed E-state index contributed by atoms with van der Waals surface area (Å²) in [6, 6.07) is 3.98. The third-order valence-corrected chi connectivity index (χ3v) is 9.24. The number of nitrogens with zero attached hydrogens (tertiary/aromatic N) is 3. The molecule has 0 saturated carbocycles. The van der Waals surface area contributed by atoms with E-state index >= 15 is 0 Å². The van der Waals surface area contributed by atoms with Crippen LogP contribution >= 0.6 is 0 Å². The molecule has 2 aromatic rings. The Balaban J connectivity index is 1.61. The third-order valence-electron chi connectivity index (χ3n) is 9.24. The van der Waals surface area contributed by atoms with Gasteiger partial charge < -0.3 is 33.2 Å². The predicted molar refractivity (Wildman–Crippen MR) is 155 cm³/mol. The normalized spacial score (nSPS) is 25.6. The maximum atomic E-state index is 10.7. The van der Waals surface area contributed by atoms with Gasteiger partial charge in [-0.3, -0.25) is 9.80 Å². The highest BCUT2D eigenvalue weighted by Gasteiger charge is 2.57. The lowest BCUT2D eigenvalue weighted by Crippen LogP contribution is -2.68. The number of rotatable bonds is 9. The zero-order valence-corrected chi connectivity index (χ0v) is 25.2. The van der Waals surface area contributed by atoms with Crippen LogP contribution in [0.4, 0.5) is 0 Å². The van der Waals surface area contributed by atoms with E-state index in [1.165, 1.54) is 5.56 Å². The molecule has 0 aliphatic carbocycles. The topological polar surface area (TPSA) is 94.9 Å². The second kappa shape index (κ2) is 11.3. The largest absolute Gasteiger partial charge is 0.493 e. The fourth-order valence-electron chi connectivity index (χ4n) is 7.72. The van der Waals surface area contributed by atoms with Crippen LogP contribution in [-0.4, -0.2) is 83.1 Å². The van der Waals surface area contributed by atoms with E-state index in [1.54, 1.807) is 27.4 Å². The van der Waals surface area contributed by atoms with Gasteiger partial charge in [0.1, 0.15) is 18.4 Å². The van der Waals surface area contributed by atoms with Crippen molar-refractivity contribution in [2.24, 2.45) is 0 Å². The molecule has 0 amide bonds. The number of nitriles is 1. The van der Waals surface area contributed by atoms with Gasteiger partial charge in [-0.15, -0.1) is 0 Å². The minimum atomic E-state index is -0.389. The standard InChI is InChI=1S/C32H39N3O7/c1-8-9-39-29-18(3)30-32(42-16-41-30)26-20(29)12-22-27-25-19(10-17(2)28(38-7)31(25)40-15-37-6)11-21(34(27)4)23(13-33)35(22)24(26)14-36-5/h8,10,21-24,27H,1,9,11-12,14-16H2,2-7H3/t21-,22?,23-,24-,27-/m0/s1. The maximum absolute atomic E-state index is 10.7. The van der Waals surface area contributed by atoms with Crippen LogP contribution < -0.4 is 23.7 Å². The summed E-state index contributed by atoms with van der Waals surface area (Å²) in [6.45, 7) is 8.87. The molecule has 0 N–H and O–H groups in total. The van der Waals surface area contributed by atoms with Gasteiger partial charge in [0.2, 0.25) is 6.79 Å². The number of piperazine rings is 1. The number of hydrogen-bond acceptors (Lipinski definition) is 10. The average Bonchev–Trinajstić information content (AvgIpc) is 3.47. The molecule has 0 radical (unpaired) electrons. The van der Waals surface area contributed by atoms with Crippen molar-refractivity contribution >= 4 is 0 Å². The van der Waals surface area contributed by atoms with E-state index in [0.717, 1.165) is 39.3 Å². The van der Waals surface area contributed by atoms with Crippen LogP contribution in [0.15, 0.2) is 18.7 Å². The summed E-state index contributed by atoms with van der Waals surface area (Å²) in [5.74, 6) is 3.58. The summed E-state index contributed by atoms with van der Waals surface area (Å²) in [7, 11) is 7.10. The van der Waals surface area contributed by atoms with Crippen molar-refractivity contribution in [3.05, 3.63) is 52.1 Å². The van der Waals surface area contributed by atoms with Crippen molar-refractivity contribution in [2.75, 3.05) is 55.2 Å². The Hall–Kier alpha value is -3.49. The molecule has 42 heavy (non-hydrogen) atoms. The van der Waals surface area contributed by atoms with Gasteiger partial charge in [-0.1, -0.05) is 18.7 Å². The minimum absolute atomic E-state index is 0.0418. The van der Waals surface area contributed by atoms with E-state index < -0.39 is 0 Å². The number of aryl methyl sites for hydroxylation is 1. The third kappa shape index (κ3) is 4.14. The van der Waals surface area contributed by atoms with Crippen molar-refractivity contribution in [3.63, 3.8) is 0 Å². The Morgan fingerprint density at radius 2 is 1.81 bits per heavy atom. The first-order valence-electron chi connectivity index (χ1n) is 14.3. The lowest BCUT2D eigenvalue weighted by molar-refractivity contribution is -0.0865. The Kier molecular flexibility index (Phi) is 7.70. The van der Waals surface area contributed by atoms with Gasteiger partial charge in [0.05, 0.1) is 31.9 Å². The first-order chi connectivity index (χ1) is 20.4. The summed E-state index contributed by atoms with van der Waals surface area (Å²) >= 11 is 0. The molecule has 10 nitrogen and oxygen atoms in total. The van der Waals surface area contributed by atoms with Crippen LogP contribution in [0.2, 0.25) is 0 Å². The fraction of sp³-hybridized carbons (Fsp3) is 0.531. The predicted octanol–water partition coefficient (Wildman–Crippen LogP) is 4.01.